The van der Waals surface area contributed by atoms with Crippen LogP contribution < -0.4 is 5.56 Å². The van der Waals surface area contributed by atoms with Gasteiger partial charge in [0.05, 0.1) is 16.2 Å². The zero-order valence-electron chi connectivity index (χ0n) is 17.4. The predicted octanol–water partition coefficient (Wildman–Crippen LogP) is 5.47. The SMILES string of the molecule is Cc1nc2ccc(CN(C)C(=S)SC(c3ccccc3)c3ccccc3)cc2c(=O)[nH]1. The number of fused-ring (bicyclic) bond motifs is 1. The number of aryl methyl sites for hydroxylation is 1. The van der Waals surface area contributed by atoms with Gasteiger partial charge in [-0.3, -0.25) is 4.79 Å². The standard InChI is InChI=1S/C25H23N3OS2/c1-17-26-22-14-13-18(15-21(22)24(29)27-17)16-28(2)25(30)31-23(19-9-5-3-6-10-19)20-11-7-4-8-12-20/h3-15,23H,16H2,1-2H3,(H,26,27,29). The van der Waals surface area contributed by atoms with Crippen molar-refractivity contribution in [1.82, 2.24) is 14.9 Å². The van der Waals surface area contributed by atoms with Crippen molar-refractivity contribution in [3.8, 4) is 0 Å². The third-order valence-electron chi connectivity index (χ3n) is 5.04. The van der Waals surface area contributed by atoms with Crippen molar-refractivity contribution < 1.29 is 0 Å². The van der Waals surface area contributed by atoms with Gasteiger partial charge in [0.25, 0.3) is 5.56 Å². The summed E-state index contributed by atoms with van der Waals surface area (Å²) >= 11 is 7.46. The van der Waals surface area contributed by atoms with Crippen LogP contribution in [0, 0.1) is 6.92 Å². The van der Waals surface area contributed by atoms with Crippen LogP contribution in [-0.4, -0.2) is 26.2 Å². The van der Waals surface area contributed by atoms with E-state index in [1.165, 1.54) is 11.1 Å². The monoisotopic (exact) mass is 445 g/mol. The summed E-state index contributed by atoms with van der Waals surface area (Å²) in [5.41, 5.74) is 4.04. The molecule has 4 nitrogen and oxygen atoms in total. The summed E-state index contributed by atoms with van der Waals surface area (Å²) in [7, 11) is 1.99. The van der Waals surface area contributed by atoms with Gasteiger partial charge in [-0.25, -0.2) is 4.98 Å². The Bertz CT molecular complexity index is 1220. The third kappa shape index (κ3) is 5.03. The van der Waals surface area contributed by atoms with E-state index in [1.54, 1.807) is 18.7 Å². The van der Waals surface area contributed by atoms with E-state index in [4.69, 9.17) is 12.2 Å². The zero-order valence-corrected chi connectivity index (χ0v) is 19.0. The second-order valence-corrected chi connectivity index (χ2v) is 9.18. The smallest absolute Gasteiger partial charge is 0.258 e. The molecular formula is C25H23N3OS2. The molecule has 6 heteroatoms. The molecule has 1 heterocycles. The first-order chi connectivity index (χ1) is 15.0. The Morgan fingerprint density at radius 3 is 2.26 bits per heavy atom. The van der Waals surface area contributed by atoms with Gasteiger partial charge < -0.3 is 9.88 Å². The molecule has 0 aliphatic rings. The van der Waals surface area contributed by atoms with Gasteiger partial charge in [0, 0.05) is 13.6 Å². The molecule has 0 amide bonds. The molecule has 0 spiro atoms. The van der Waals surface area contributed by atoms with Crippen molar-refractivity contribution in [2.24, 2.45) is 0 Å². The van der Waals surface area contributed by atoms with Crippen molar-refractivity contribution in [3.63, 3.8) is 0 Å². The highest BCUT2D eigenvalue weighted by Crippen LogP contribution is 2.37. The van der Waals surface area contributed by atoms with Crippen LogP contribution in [0.5, 0.6) is 0 Å². The molecule has 0 radical (unpaired) electrons. The molecule has 3 aromatic carbocycles. The van der Waals surface area contributed by atoms with E-state index in [2.05, 4.69) is 63.4 Å². The summed E-state index contributed by atoms with van der Waals surface area (Å²) in [5, 5.41) is 0.713. The number of rotatable bonds is 5. The van der Waals surface area contributed by atoms with Gasteiger partial charge in [0.2, 0.25) is 0 Å². The van der Waals surface area contributed by atoms with E-state index >= 15 is 0 Å². The van der Waals surface area contributed by atoms with Crippen LogP contribution in [0.1, 0.15) is 27.8 Å². The van der Waals surface area contributed by atoms with E-state index in [9.17, 15) is 4.79 Å². The second-order valence-electron chi connectivity index (χ2n) is 7.44. The Hall–Kier alpha value is -2.96. The minimum absolute atomic E-state index is 0.114. The number of nitrogens with zero attached hydrogens (tertiary/aromatic N) is 2. The molecule has 1 aromatic heterocycles. The summed E-state index contributed by atoms with van der Waals surface area (Å²) in [6, 6.07) is 26.6. The molecule has 156 valence electrons. The topological polar surface area (TPSA) is 49.0 Å². The molecule has 4 rings (SSSR count). The van der Waals surface area contributed by atoms with Crippen molar-refractivity contribution in [2.75, 3.05) is 7.05 Å². The summed E-state index contributed by atoms with van der Waals surface area (Å²) in [4.78, 5) is 21.5. The van der Waals surface area contributed by atoms with E-state index in [0.717, 1.165) is 9.88 Å². The molecule has 0 unspecified atom stereocenters. The molecule has 0 aliphatic heterocycles. The molecular weight excluding hydrogens is 422 g/mol. The molecule has 0 aliphatic carbocycles. The number of hydrogen-bond donors (Lipinski definition) is 1. The zero-order chi connectivity index (χ0) is 21.8. The summed E-state index contributed by atoms with van der Waals surface area (Å²) < 4.78 is 0.800. The fraction of sp³-hybridized carbons (Fsp3) is 0.160. The number of H-pyrrole nitrogens is 1. The lowest BCUT2D eigenvalue weighted by Crippen LogP contribution is -2.23. The normalized spacial score (nSPS) is 11.1. The number of thioether (sulfide) groups is 1. The Morgan fingerprint density at radius 1 is 1.03 bits per heavy atom. The summed E-state index contributed by atoms with van der Waals surface area (Å²) in [6.45, 7) is 2.40. The van der Waals surface area contributed by atoms with Gasteiger partial charge in [0.15, 0.2) is 0 Å². The maximum absolute atomic E-state index is 12.3. The number of thiocarbonyl (C=S) groups is 1. The highest BCUT2D eigenvalue weighted by atomic mass is 32.2. The minimum Gasteiger partial charge on any atom is -0.356 e. The van der Waals surface area contributed by atoms with Gasteiger partial charge in [-0.2, -0.15) is 0 Å². The largest absolute Gasteiger partial charge is 0.356 e. The first-order valence-electron chi connectivity index (χ1n) is 10.0. The molecule has 4 aromatic rings. The predicted molar refractivity (Wildman–Crippen MR) is 133 cm³/mol. The molecule has 0 atom stereocenters. The van der Waals surface area contributed by atoms with Crippen LogP contribution in [0.2, 0.25) is 0 Å². The minimum atomic E-state index is -0.114. The number of benzene rings is 3. The van der Waals surface area contributed by atoms with Gasteiger partial charge in [0.1, 0.15) is 10.1 Å². The van der Waals surface area contributed by atoms with Crippen LogP contribution in [-0.2, 0) is 6.54 Å². The lowest BCUT2D eigenvalue weighted by Gasteiger charge is -2.24. The summed E-state index contributed by atoms with van der Waals surface area (Å²) in [5.74, 6) is 0.618. The average molecular weight is 446 g/mol. The summed E-state index contributed by atoms with van der Waals surface area (Å²) in [6.07, 6.45) is 0. The van der Waals surface area contributed by atoms with E-state index in [-0.39, 0.29) is 10.8 Å². The molecule has 0 saturated carbocycles. The first-order valence-corrected chi connectivity index (χ1v) is 11.3. The average Bonchev–Trinajstić information content (AvgIpc) is 2.78. The van der Waals surface area contributed by atoms with Gasteiger partial charge in [-0.15, -0.1) is 0 Å². The Morgan fingerprint density at radius 2 is 1.65 bits per heavy atom. The number of aromatic amines is 1. The molecule has 0 saturated heterocycles. The van der Waals surface area contributed by atoms with Crippen LogP contribution in [0.25, 0.3) is 10.9 Å². The fourth-order valence-electron chi connectivity index (χ4n) is 3.51. The Kier molecular flexibility index (Phi) is 6.49. The van der Waals surface area contributed by atoms with Crippen LogP contribution in [0.15, 0.2) is 83.7 Å². The third-order valence-corrected chi connectivity index (χ3v) is 6.94. The maximum atomic E-state index is 12.3. The van der Waals surface area contributed by atoms with E-state index < -0.39 is 0 Å². The van der Waals surface area contributed by atoms with Crippen LogP contribution in [0.4, 0.5) is 0 Å². The lowest BCUT2D eigenvalue weighted by molar-refractivity contribution is 0.519. The number of nitrogens with one attached hydrogen (secondary N) is 1. The Labute approximate surface area is 191 Å². The van der Waals surface area contributed by atoms with Gasteiger partial charge in [-0.1, -0.05) is 90.7 Å². The van der Waals surface area contributed by atoms with Crippen LogP contribution in [0.3, 0.4) is 0 Å². The fourth-order valence-corrected chi connectivity index (χ4v) is 4.90. The number of hydrogen-bond acceptors (Lipinski definition) is 4. The number of aromatic nitrogens is 2. The van der Waals surface area contributed by atoms with Crippen molar-refractivity contribution in [1.29, 1.82) is 0 Å². The van der Waals surface area contributed by atoms with Crippen molar-refractivity contribution >= 4 is 39.2 Å². The van der Waals surface area contributed by atoms with E-state index in [1.807, 2.05) is 37.4 Å². The molecule has 1 N–H and O–H groups in total. The van der Waals surface area contributed by atoms with Crippen LogP contribution >= 0.6 is 24.0 Å². The highest BCUT2D eigenvalue weighted by Gasteiger charge is 2.19. The molecule has 31 heavy (non-hydrogen) atoms. The van der Waals surface area contributed by atoms with Gasteiger partial charge >= 0.3 is 0 Å². The molecule has 0 fully saturated rings. The van der Waals surface area contributed by atoms with Gasteiger partial charge in [-0.05, 0) is 35.7 Å². The van der Waals surface area contributed by atoms with E-state index in [0.29, 0.717) is 23.3 Å². The maximum Gasteiger partial charge on any atom is 0.258 e. The molecule has 0 bridgehead atoms. The lowest BCUT2D eigenvalue weighted by atomic mass is 10.0. The van der Waals surface area contributed by atoms with Crippen molar-refractivity contribution in [2.45, 2.75) is 18.7 Å². The second kappa shape index (κ2) is 9.45. The quantitative estimate of drug-likeness (QED) is 0.413. The first kappa shape index (κ1) is 21.3. The highest BCUT2D eigenvalue weighted by molar-refractivity contribution is 8.23. The Balaban J connectivity index is 1.54. The van der Waals surface area contributed by atoms with Crippen molar-refractivity contribution in [3.05, 3.63) is 112 Å².